The monoisotopic (exact) mass is 607 g/mol. The minimum absolute atomic E-state index is 0.0216. The summed E-state index contributed by atoms with van der Waals surface area (Å²) < 4.78 is 10.5. The molecule has 4 N–H and O–H groups in total. The fourth-order valence-electron chi connectivity index (χ4n) is 4.70. The SMILES string of the molecule is Cc1ocnc1C(=O)N1CCNC(=O)[C@@H](Cc2ccccc2)NC(=O)[C@@H](CC(C)C)NC(=O)[C@@H](C)NC(=O)c2cc(on2)C1. The van der Waals surface area contributed by atoms with Crippen LogP contribution in [0.2, 0.25) is 0 Å². The van der Waals surface area contributed by atoms with Gasteiger partial charge in [0.15, 0.2) is 23.5 Å². The zero-order valence-electron chi connectivity index (χ0n) is 25.1. The minimum Gasteiger partial charge on any atom is -0.448 e. The van der Waals surface area contributed by atoms with Crippen LogP contribution in [-0.4, -0.2) is 75.8 Å². The lowest BCUT2D eigenvalue weighted by Crippen LogP contribution is -2.57. The number of nitrogens with zero attached hydrogens (tertiary/aromatic N) is 3. The van der Waals surface area contributed by atoms with E-state index in [0.29, 0.717) is 12.2 Å². The van der Waals surface area contributed by atoms with Gasteiger partial charge in [-0.1, -0.05) is 49.3 Å². The van der Waals surface area contributed by atoms with Crippen molar-refractivity contribution in [1.29, 1.82) is 0 Å². The van der Waals surface area contributed by atoms with Crippen LogP contribution in [0.4, 0.5) is 0 Å². The van der Waals surface area contributed by atoms with Gasteiger partial charge in [-0.25, -0.2) is 4.98 Å². The van der Waals surface area contributed by atoms with Crippen molar-refractivity contribution >= 4 is 29.5 Å². The highest BCUT2D eigenvalue weighted by Gasteiger charge is 2.30. The van der Waals surface area contributed by atoms with Gasteiger partial charge in [0.05, 0.1) is 6.54 Å². The Morgan fingerprint density at radius 1 is 1.02 bits per heavy atom. The number of aromatic nitrogens is 2. The molecule has 0 saturated carbocycles. The summed E-state index contributed by atoms with van der Waals surface area (Å²) >= 11 is 0. The maximum absolute atomic E-state index is 13.5. The number of rotatable bonds is 5. The van der Waals surface area contributed by atoms with Gasteiger partial charge in [0.2, 0.25) is 17.7 Å². The van der Waals surface area contributed by atoms with Gasteiger partial charge in [0.25, 0.3) is 11.8 Å². The maximum Gasteiger partial charge on any atom is 0.276 e. The lowest BCUT2D eigenvalue weighted by Gasteiger charge is -2.26. The molecule has 1 aliphatic heterocycles. The molecule has 0 unspecified atom stereocenters. The number of amides is 5. The van der Waals surface area contributed by atoms with Gasteiger partial charge in [-0.15, -0.1) is 0 Å². The zero-order valence-corrected chi connectivity index (χ0v) is 25.1. The third kappa shape index (κ3) is 8.30. The van der Waals surface area contributed by atoms with Gasteiger partial charge >= 0.3 is 0 Å². The third-order valence-corrected chi connectivity index (χ3v) is 7.05. The average molecular weight is 608 g/mol. The van der Waals surface area contributed by atoms with E-state index in [4.69, 9.17) is 8.94 Å². The first-order chi connectivity index (χ1) is 21.0. The Balaban J connectivity index is 1.65. The summed E-state index contributed by atoms with van der Waals surface area (Å²) in [4.78, 5) is 71.7. The van der Waals surface area contributed by atoms with Crippen molar-refractivity contribution in [3.8, 4) is 0 Å². The number of hydrogen-bond donors (Lipinski definition) is 4. The smallest absolute Gasteiger partial charge is 0.276 e. The number of hydrogen-bond acceptors (Lipinski definition) is 9. The van der Waals surface area contributed by atoms with E-state index in [1.807, 2.05) is 44.2 Å². The second kappa shape index (κ2) is 14.4. The molecule has 0 fully saturated rings. The van der Waals surface area contributed by atoms with Gasteiger partial charge in [-0.3, -0.25) is 24.0 Å². The maximum atomic E-state index is 13.5. The van der Waals surface area contributed by atoms with Crippen LogP contribution in [0, 0.1) is 12.8 Å². The number of oxazole rings is 1. The van der Waals surface area contributed by atoms with E-state index in [1.165, 1.54) is 17.9 Å². The van der Waals surface area contributed by atoms with Crippen LogP contribution in [0.1, 0.15) is 65.3 Å². The van der Waals surface area contributed by atoms with Gasteiger partial charge in [-0.05, 0) is 31.7 Å². The summed E-state index contributed by atoms with van der Waals surface area (Å²) in [5.74, 6) is -2.22. The Morgan fingerprint density at radius 3 is 2.43 bits per heavy atom. The second-order valence-corrected chi connectivity index (χ2v) is 11.1. The van der Waals surface area contributed by atoms with Crippen molar-refractivity contribution in [2.24, 2.45) is 5.92 Å². The molecule has 4 rings (SSSR count). The fraction of sp³-hybridized carbons (Fsp3) is 0.433. The highest BCUT2D eigenvalue weighted by atomic mass is 16.5. The average Bonchev–Trinajstić information content (AvgIpc) is 3.64. The van der Waals surface area contributed by atoms with Crippen LogP contribution in [0.5, 0.6) is 0 Å². The van der Waals surface area contributed by atoms with E-state index in [0.717, 1.165) is 12.0 Å². The zero-order chi connectivity index (χ0) is 31.8. The Morgan fingerprint density at radius 2 is 1.75 bits per heavy atom. The predicted octanol–water partition coefficient (Wildman–Crippen LogP) is 1.12. The van der Waals surface area contributed by atoms with E-state index in [9.17, 15) is 24.0 Å². The molecule has 3 aromatic rings. The van der Waals surface area contributed by atoms with Crippen LogP contribution in [0.3, 0.4) is 0 Å². The quantitative estimate of drug-likeness (QED) is 0.329. The first-order valence-corrected chi connectivity index (χ1v) is 14.4. The summed E-state index contributed by atoms with van der Waals surface area (Å²) in [6.07, 6.45) is 1.64. The van der Waals surface area contributed by atoms with Crippen molar-refractivity contribution in [1.82, 2.24) is 36.3 Å². The lowest BCUT2D eigenvalue weighted by atomic mass is 10.0. The molecule has 44 heavy (non-hydrogen) atoms. The van der Waals surface area contributed by atoms with Gasteiger partial charge < -0.3 is 35.1 Å². The molecule has 3 heterocycles. The molecule has 2 aromatic heterocycles. The van der Waals surface area contributed by atoms with Crippen LogP contribution in [0.25, 0.3) is 0 Å². The fourth-order valence-corrected chi connectivity index (χ4v) is 4.70. The number of carbonyl (C=O) groups excluding carboxylic acids is 5. The first-order valence-electron chi connectivity index (χ1n) is 14.4. The summed E-state index contributed by atoms with van der Waals surface area (Å²) in [5.41, 5.74) is 0.802. The van der Waals surface area contributed by atoms with Crippen LogP contribution >= 0.6 is 0 Å². The summed E-state index contributed by atoms with van der Waals surface area (Å²) in [7, 11) is 0. The normalized spacial score (nSPS) is 20.7. The molecule has 3 atom stereocenters. The predicted molar refractivity (Wildman–Crippen MR) is 156 cm³/mol. The molecule has 1 aliphatic rings. The highest BCUT2D eigenvalue weighted by Crippen LogP contribution is 2.14. The molecule has 1 aromatic carbocycles. The van der Waals surface area contributed by atoms with Crippen molar-refractivity contribution < 1.29 is 32.9 Å². The molecule has 0 spiro atoms. The van der Waals surface area contributed by atoms with Crippen molar-refractivity contribution in [2.75, 3.05) is 13.1 Å². The molecule has 0 saturated heterocycles. The van der Waals surface area contributed by atoms with E-state index in [-0.39, 0.29) is 49.1 Å². The Kier molecular flexibility index (Phi) is 10.5. The van der Waals surface area contributed by atoms with E-state index < -0.39 is 47.7 Å². The van der Waals surface area contributed by atoms with Crippen LogP contribution in [0.15, 0.2) is 51.7 Å². The Bertz CT molecular complexity index is 1480. The molecule has 234 valence electrons. The van der Waals surface area contributed by atoms with Crippen molar-refractivity contribution in [3.05, 3.63) is 71.3 Å². The molecule has 2 bridgehead atoms. The number of nitrogens with one attached hydrogen (secondary N) is 4. The molecule has 5 amide bonds. The number of carbonyl (C=O) groups is 5. The molecular formula is C30H37N7O7. The van der Waals surface area contributed by atoms with E-state index in [1.54, 1.807) is 6.92 Å². The Hall–Kier alpha value is -5.01. The third-order valence-electron chi connectivity index (χ3n) is 7.05. The van der Waals surface area contributed by atoms with E-state index in [2.05, 4.69) is 31.4 Å². The minimum atomic E-state index is -1.03. The Labute approximate surface area is 254 Å². The van der Waals surface area contributed by atoms with Crippen molar-refractivity contribution in [2.45, 2.75) is 65.2 Å². The molecule has 14 heteroatoms. The van der Waals surface area contributed by atoms with Gasteiger partial charge in [-0.2, -0.15) is 0 Å². The van der Waals surface area contributed by atoms with E-state index >= 15 is 0 Å². The molecular weight excluding hydrogens is 570 g/mol. The van der Waals surface area contributed by atoms with Gasteiger partial charge in [0, 0.05) is 25.6 Å². The number of benzene rings is 1. The first kappa shape index (κ1) is 31.9. The van der Waals surface area contributed by atoms with Crippen molar-refractivity contribution in [3.63, 3.8) is 0 Å². The number of aryl methyl sites for hydroxylation is 1. The lowest BCUT2D eigenvalue weighted by molar-refractivity contribution is -0.132. The largest absolute Gasteiger partial charge is 0.448 e. The standard InChI is InChI=1S/C30H37N7O7/c1-17(2)12-22-28(40)35-23(13-20-8-6-5-7-9-20)27(39)31-10-11-37(30(42)25-19(4)43-16-32-25)15-21-14-24(36-44-21)29(41)33-18(3)26(38)34-22/h5-9,14,16-18,22-23H,10-13,15H2,1-4H3,(H,31,39)(H,33,41)(H,34,38)(H,35,40)/t18-,22-,23-/m1/s1. The van der Waals surface area contributed by atoms with Crippen LogP contribution in [-0.2, 0) is 27.3 Å². The molecule has 14 nitrogen and oxygen atoms in total. The van der Waals surface area contributed by atoms with Crippen LogP contribution < -0.4 is 21.3 Å². The summed E-state index contributed by atoms with van der Waals surface area (Å²) in [6, 6.07) is 7.58. The highest BCUT2D eigenvalue weighted by molar-refractivity contribution is 5.98. The summed E-state index contributed by atoms with van der Waals surface area (Å²) in [5, 5.41) is 14.7. The number of fused-ring (bicyclic) bond motifs is 2. The molecule has 0 aliphatic carbocycles. The second-order valence-electron chi connectivity index (χ2n) is 11.1. The summed E-state index contributed by atoms with van der Waals surface area (Å²) in [6.45, 7) is 6.84. The topological polar surface area (TPSA) is 189 Å². The molecule has 0 radical (unpaired) electrons. The van der Waals surface area contributed by atoms with Gasteiger partial charge in [0.1, 0.15) is 23.9 Å².